The van der Waals surface area contributed by atoms with E-state index in [1.165, 1.54) is 21.2 Å². The molecule has 27 heavy (non-hydrogen) atoms. The molecule has 142 valence electrons. The minimum atomic E-state index is -0.772. The lowest BCUT2D eigenvalue weighted by Gasteiger charge is -2.20. The number of nitrogens with one attached hydrogen (secondary N) is 2. The van der Waals surface area contributed by atoms with Crippen molar-refractivity contribution in [2.45, 2.75) is 45.7 Å². The van der Waals surface area contributed by atoms with Gasteiger partial charge in [-0.2, -0.15) is 0 Å². The Kier molecular flexibility index (Phi) is 6.35. The number of benzene rings is 2. The van der Waals surface area contributed by atoms with Crippen molar-refractivity contribution in [1.29, 1.82) is 0 Å². The quantitative estimate of drug-likeness (QED) is 0.433. The Hall–Kier alpha value is -2.53. The molecule has 0 spiro atoms. The van der Waals surface area contributed by atoms with Crippen LogP contribution >= 0.6 is 11.3 Å². The minimum Gasteiger partial charge on any atom is -0.481 e. The molecule has 0 bridgehead atoms. The molecule has 0 radical (unpaired) electrons. The van der Waals surface area contributed by atoms with Crippen molar-refractivity contribution in [3.8, 4) is 0 Å². The van der Waals surface area contributed by atoms with E-state index in [4.69, 9.17) is 5.11 Å². The highest BCUT2D eigenvalue weighted by molar-refractivity contribution is 7.17. The molecule has 3 N–H and O–H groups in total. The van der Waals surface area contributed by atoms with E-state index in [2.05, 4.69) is 48.1 Å². The Morgan fingerprint density at radius 1 is 1.15 bits per heavy atom. The van der Waals surface area contributed by atoms with Gasteiger partial charge in [-0.05, 0) is 48.1 Å². The fraction of sp³-hybridized carbons (Fsp3) is 0.318. The van der Waals surface area contributed by atoms with Crippen LogP contribution in [0.25, 0.3) is 10.1 Å². The monoisotopic (exact) mass is 382 g/mol. The smallest absolute Gasteiger partial charge is 0.305 e. The summed E-state index contributed by atoms with van der Waals surface area (Å²) >= 11 is 1.77. The van der Waals surface area contributed by atoms with E-state index < -0.39 is 5.97 Å². The van der Waals surface area contributed by atoms with Crippen LogP contribution in [0.4, 0.5) is 11.4 Å². The average molecular weight is 383 g/mol. The molecular formula is C22H26N2O2S. The highest BCUT2D eigenvalue weighted by atomic mass is 32.1. The SMILES string of the molecule is CCCC(CC(=O)O)Nc1ccccc1NCc1csc2cccc(C)c12. The molecule has 3 rings (SSSR count). The first-order valence-corrected chi connectivity index (χ1v) is 10.2. The molecule has 1 atom stereocenters. The second kappa shape index (κ2) is 8.91. The van der Waals surface area contributed by atoms with Gasteiger partial charge in [-0.15, -0.1) is 11.3 Å². The number of thiophene rings is 1. The molecule has 0 saturated heterocycles. The summed E-state index contributed by atoms with van der Waals surface area (Å²) in [5.74, 6) is -0.772. The summed E-state index contributed by atoms with van der Waals surface area (Å²) in [4.78, 5) is 11.1. The number of para-hydroxylation sites is 2. The van der Waals surface area contributed by atoms with Crippen LogP contribution in [0.2, 0.25) is 0 Å². The molecular weight excluding hydrogens is 356 g/mol. The third kappa shape index (κ3) is 4.80. The molecule has 0 fully saturated rings. The molecule has 1 aromatic heterocycles. The number of aryl methyl sites for hydroxylation is 1. The van der Waals surface area contributed by atoms with Crippen molar-refractivity contribution in [3.05, 3.63) is 59.0 Å². The number of fused-ring (bicyclic) bond motifs is 1. The van der Waals surface area contributed by atoms with Crippen LogP contribution in [0, 0.1) is 6.92 Å². The number of hydrogen-bond acceptors (Lipinski definition) is 4. The van der Waals surface area contributed by atoms with Crippen molar-refractivity contribution in [2.24, 2.45) is 0 Å². The first-order valence-electron chi connectivity index (χ1n) is 9.35. The average Bonchev–Trinajstić information content (AvgIpc) is 3.05. The summed E-state index contributed by atoms with van der Waals surface area (Å²) in [6.07, 6.45) is 1.90. The van der Waals surface area contributed by atoms with E-state index in [9.17, 15) is 4.79 Å². The molecule has 0 amide bonds. The molecule has 5 heteroatoms. The molecule has 0 saturated carbocycles. The lowest BCUT2D eigenvalue weighted by atomic mass is 10.1. The standard InChI is InChI=1S/C22H26N2O2S/c1-3-7-17(12-21(25)26)24-19-10-5-4-9-18(19)23-13-16-14-27-20-11-6-8-15(2)22(16)20/h4-6,8-11,14,17,23-24H,3,7,12-13H2,1-2H3,(H,25,26). The molecule has 0 aliphatic heterocycles. The Balaban J connectivity index is 1.76. The molecule has 0 aliphatic rings. The summed E-state index contributed by atoms with van der Waals surface area (Å²) in [5, 5.41) is 19.7. The fourth-order valence-electron chi connectivity index (χ4n) is 3.43. The highest BCUT2D eigenvalue weighted by Gasteiger charge is 2.14. The maximum Gasteiger partial charge on any atom is 0.305 e. The maximum atomic E-state index is 11.1. The molecule has 0 aliphatic carbocycles. The van der Waals surface area contributed by atoms with Gasteiger partial charge in [0.15, 0.2) is 0 Å². The number of carbonyl (C=O) groups is 1. The Morgan fingerprint density at radius 3 is 2.67 bits per heavy atom. The van der Waals surface area contributed by atoms with Gasteiger partial charge in [0.05, 0.1) is 17.8 Å². The van der Waals surface area contributed by atoms with Gasteiger partial charge in [0, 0.05) is 22.7 Å². The third-order valence-corrected chi connectivity index (χ3v) is 5.69. The van der Waals surface area contributed by atoms with Crippen molar-refractivity contribution in [1.82, 2.24) is 0 Å². The topological polar surface area (TPSA) is 61.4 Å². The van der Waals surface area contributed by atoms with Gasteiger partial charge in [0.25, 0.3) is 0 Å². The van der Waals surface area contributed by atoms with Gasteiger partial charge in [-0.25, -0.2) is 0 Å². The molecule has 3 aromatic rings. The zero-order valence-electron chi connectivity index (χ0n) is 15.8. The lowest BCUT2D eigenvalue weighted by Crippen LogP contribution is -2.23. The summed E-state index contributed by atoms with van der Waals surface area (Å²) in [7, 11) is 0. The predicted molar refractivity (Wildman–Crippen MR) is 115 cm³/mol. The van der Waals surface area contributed by atoms with Crippen molar-refractivity contribution in [3.63, 3.8) is 0 Å². The van der Waals surface area contributed by atoms with E-state index in [1.54, 1.807) is 11.3 Å². The van der Waals surface area contributed by atoms with Crippen LogP contribution in [-0.4, -0.2) is 17.1 Å². The van der Waals surface area contributed by atoms with Gasteiger partial charge in [0.2, 0.25) is 0 Å². The Labute approximate surface area is 164 Å². The lowest BCUT2D eigenvalue weighted by molar-refractivity contribution is -0.137. The summed E-state index contributed by atoms with van der Waals surface area (Å²) in [6, 6.07) is 14.3. The van der Waals surface area contributed by atoms with Gasteiger partial charge in [-0.3, -0.25) is 4.79 Å². The zero-order valence-corrected chi connectivity index (χ0v) is 16.6. The van der Waals surface area contributed by atoms with Gasteiger partial charge >= 0.3 is 5.97 Å². The molecule has 4 nitrogen and oxygen atoms in total. The number of carboxylic acid groups (broad SMARTS) is 1. The van der Waals surface area contributed by atoms with Crippen molar-refractivity contribution >= 4 is 38.8 Å². The third-order valence-electron chi connectivity index (χ3n) is 4.70. The van der Waals surface area contributed by atoms with Crippen LogP contribution in [0.1, 0.15) is 37.3 Å². The first-order chi connectivity index (χ1) is 13.1. The Bertz CT molecular complexity index is 920. The van der Waals surface area contributed by atoms with E-state index >= 15 is 0 Å². The normalized spacial score (nSPS) is 12.1. The zero-order chi connectivity index (χ0) is 19.2. The van der Waals surface area contributed by atoms with E-state index in [1.807, 2.05) is 24.3 Å². The van der Waals surface area contributed by atoms with Crippen LogP contribution in [0.15, 0.2) is 47.8 Å². The van der Waals surface area contributed by atoms with Crippen molar-refractivity contribution < 1.29 is 9.90 Å². The second-order valence-electron chi connectivity index (χ2n) is 6.84. The number of hydrogen-bond donors (Lipinski definition) is 3. The van der Waals surface area contributed by atoms with Gasteiger partial charge < -0.3 is 15.7 Å². The van der Waals surface area contributed by atoms with Crippen molar-refractivity contribution in [2.75, 3.05) is 10.6 Å². The summed E-state index contributed by atoms with van der Waals surface area (Å²) in [5.41, 5.74) is 4.53. The van der Waals surface area contributed by atoms with E-state index in [-0.39, 0.29) is 12.5 Å². The first kappa shape index (κ1) is 19.2. The van der Waals surface area contributed by atoms with Crippen LogP contribution in [0.3, 0.4) is 0 Å². The van der Waals surface area contributed by atoms with Crippen LogP contribution in [0.5, 0.6) is 0 Å². The number of aliphatic carboxylic acids is 1. The minimum absolute atomic E-state index is 0.0697. The van der Waals surface area contributed by atoms with Gasteiger partial charge in [0.1, 0.15) is 0 Å². The van der Waals surface area contributed by atoms with E-state index in [0.717, 1.165) is 30.8 Å². The molecule has 1 unspecified atom stereocenters. The number of rotatable bonds is 9. The molecule has 1 heterocycles. The number of carboxylic acids is 1. The van der Waals surface area contributed by atoms with Crippen LogP contribution < -0.4 is 10.6 Å². The summed E-state index contributed by atoms with van der Waals surface area (Å²) < 4.78 is 1.31. The largest absolute Gasteiger partial charge is 0.481 e. The second-order valence-corrected chi connectivity index (χ2v) is 7.75. The Morgan fingerprint density at radius 2 is 1.93 bits per heavy atom. The molecule has 2 aromatic carbocycles. The fourth-order valence-corrected chi connectivity index (χ4v) is 4.47. The van der Waals surface area contributed by atoms with Crippen LogP contribution in [-0.2, 0) is 11.3 Å². The van der Waals surface area contributed by atoms with E-state index in [0.29, 0.717) is 0 Å². The highest BCUT2D eigenvalue weighted by Crippen LogP contribution is 2.30. The predicted octanol–water partition coefficient (Wildman–Crippen LogP) is 5.88. The van der Waals surface area contributed by atoms with Gasteiger partial charge in [-0.1, -0.05) is 37.6 Å². The number of anilines is 2. The summed E-state index contributed by atoms with van der Waals surface area (Å²) in [6.45, 7) is 4.96. The maximum absolute atomic E-state index is 11.1.